The van der Waals surface area contributed by atoms with Crippen LogP contribution in [0.3, 0.4) is 0 Å². The highest BCUT2D eigenvalue weighted by atomic mass is 16.5. The summed E-state index contributed by atoms with van der Waals surface area (Å²) in [5, 5.41) is 9.13. The smallest absolute Gasteiger partial charge is 0.394 e. The van der Waals surface area contributed by atoms with Crippen LogP contribution in [0.25, 0.3) is 21.8 Å². The van der Waals surface area contributed by atoms with Gasteiger partial charge in [0.15, 0.2) is 0 Å². The minimum Gasteiger partial charge on any atom is -0.478 e. The lowest BCUT2D eigenvalue weighted by molar-refractivity contribution is 0.0472. The molecule has 0 aromatic carbocycles. The number of carbonyl (C=O) groups is 3. The number of hydrogen-bond acceptors (Lipinski definition) is 14. The fraction of sp³-hybridized carbons (Fsp3) is 0.154. The number of carbonyl (C=O) groups excluding carboxylic acids is 2. The summed E-state index contributed by atoms with van der Waals surface area (Å²) in [4.78, 5) is 77.5. The van der Waals surface area contributed by atoms with E-state index in [1.807, 2.05) is 0 Å². The van der Waals surface area contributed by atoms with Crippen LogP contribution in [0.5, 0.6) is 0 Å². The Morgan fingerprint density at radius 1 is 0.857 bits per heavy atom. The third kappa shape index (κ3) is 7.75. The van der Waals surface area contributed by atoms with Gasteiger partial charge in [-0.05, 0) is 32.0 Å². The van der Waals surface area contributed by atoms with Gasteiger partial charge in [-0.2, -0.15) is 0 Å². The molecule has 16 heteroatoms. The molecule has 5 aromatic rings. The number of hydrogen-bond donors (Lipinski definition) is 3. The SMILES string of the molecule is CCOC(=O)c1nc2cnccc2c(=O)[nH]1.CCOC(=O)c1nc2cnccc2c(=O)o1.Nc1cnccc1C(=O)O. The number of esters is 2. The lowest BCUT2D eigenvalue weighted by Gasteiger charge is -2.01. The summed E-state index contributed by atoms with van der Waals surface area (Å²) < 4.78 is 14.2. The molecule has 0 radical (unpaired) electrons. The average molecular weight is 578 g/mol. The molecule has 42 heavy (non-hydrogen) atoms. The van der Waals surface area contributed by atoms with Gasteiger partial charge in [-0.15, -0.1) is 0 Å². The molecule has 16 nitrogen and oxygen atoms in total. The van der Waals surface area contributed by atoms with E-state index in [4.69, 9.17) is 20.0 Å². The molecule has 0 saturated carbocycles. The van der Waals surface area contributed by atoms with Crippen LogP contribution < -0.4 is 16.9 Å². The molecule has 5 rings (SSSR count). The van der Waals surface area contributed by atoms with Gasteiger partial charge in [0.05, 0.1) is 59.3 Å². The number of carboxylic acids is 1. The van der Waals surface area contributed by atoms with Gasteiger partial charge in [0, 0.05) is 18.6 Å². The Hall–Kier alpha value is -6.06. The molecule has 216 valence electrons. The van der Waals surface area contributed by atoms with Gasteiger partial charge in [-0.25, -0.2) is 29.1 Å². The Kier molecular flexibility index (Phi) is 10.4. The Balaban J connectivity index is 0.000000178. The van der Waals surface area contributed by atoms with Crippen molar-refractivity contribution in [3.8, 4) is 0 Å². The van der Waals surface area contributed by atoms with E-state index in [2.05, 4.69) is 34.6 Å². The van der Waals surface area contributed by atoms with Crippen LogP contribution in [-0.2, 0) is 9.47 Å². The second kappa shape index (κ2) is 14.4. The number of aromatic amines is 1. The van der Waals surface area contributed by atoms with Crippen LogP contribution in [0.15, 0.2) is 69.4 Å². The van der Waals surface area contributed by atoms with Crippen LogP contribution in [0.2, 0.25) is 0 Å². The Morgan fingerprint density at radius 2 is 1.43 bits per heavy atom. The van der Waals surface area contributed by atoms with E-state index >= 15 is 0 Å². The molecule has 0 aliphatic rings. The Bertz CT molecular complexity index is 1750. The molecular weight excluding hydrogens is 554 g/mol. The van der Waals surface area contributed by atoms with E-state index in [0.29, 0.717) is 16.4 Å². The van der Waals surface area contributed by atoms with Crippen LogP contribution in [0.4, 0.5) is 5.69 Å². The third-order valence-electron chi connectivity index (χ3n) is 4.94. The number of H-pyrrole nitrogens is 1. The number of anilines is 1. The van der Waals surface area contributed by atoms with Crippen molar-refractivity contribution in [2.75, 3.05) is 18.9 Å². The monoisotopic (exact) mass is 577 g/mol. The number of nitrogen functional groups attached to an aromatic ring is 1. The van der Waals surface area contributed by atoms with Crippen molar-refractivity contribution >= 4 is 45.4 Å². The lowest BCUT2D eigenvalue weighted by Crippen LogP contribution is -2.17. The number of nitrogens with two attached hydrogens (primary N) is 1. The molecule has 0 amide bonds. The summed E-state index contributed by atoms with van der Waals surface area (Å²) in [6.07, 6.45) is 8.44. The average Bonchev–Trinajstić information content (AvgIpc) is 2.98. The van der Waals surface area contributed by atoms with Crippen molar-refractivity contribution < 1.29 is 33.4 Å². The van der Waals surface area contributed by atoms with Gasteiger partial charge in [0.1, 0.15) is 5.52 Å². The van der Waals surface area contributed by atoms with Gasteiger partial charge >= 0.3 is 29.4 Å². The molecule has 5 aromatic heterocycles. The number of aromatic nitrogens is 6. The molecule has 0 fully saturated rings. The predicted molar refractivity (Wildman–Crippen MR) is 146 cm³/mol. The lowest BCUT2D eigenvalue weighted by atomic mass is 10.2. The fourth-order valence-electron chi connectivity index (χ4n) is 3.09. The molecule has 0 aliphatic heterocycles. The maximum absolute atomic E-state index is 11.6. The second-order valence-electron chi connectivity index (χ2n) is 7.72. The zero-order valence-electron chi connectivity index (χ0n) is 22.1. The number of aromatic carboxylic acids is 1. The molecule has 0 saturated heterocycles. The Labute approximate surface area is 235 Å². The molecule has 0 atom stereocenters. The molecule has 4 N–H and O–H groups in total. The summed E-state index contributed by atoms with van der Waals surface area (Å²) >= 11 is 0. The van der Waals surface area contributed by atoms with Crippen LogP contribution >= 0.6 is 0 Å². The van der Waals surface area contributed by atoms with Crippen molar-refractivity contribution in [1.82, 2.24) is 29.9 Å². The minimum atomic E-state index is -1.03. The standard InChI is InChI=1S/C10H9N3O3.C10H8N2O4.C6H6N2O2/c1-2-16-10(15)8-12-7-5-11-4-3-6(7)9(14)13-8;1-2-15-10(14)8-12-7-5-11-4-3-6(7)9(13)16-8;7-5-3-8-2-1-4(5)6(9)10/h3-5H,2H2,1H3,(H,12,13,14);3-5H,2H2,1H3;1-3H,7H2,(H,9,10). The number of ether oxygens (including phenoxy) is 2. The number of carboxylic acid groups (broad SMARTS) is 1. The second-order valence-corrected chi connectivity index (χ2v) is 7.72. The minimum absolute atomic E-state index is 0.0926. The van der Waals surface area contributed by atoms with E-state index < -0.39 is 23.5 Å². The highest BCUT2D eigenvalue weighted by molar-refractivity contribution is 5.93. The van der Waals surface area contributed by atoms with Gasteiger partial charge in [-0.3, -0.25) is 19.7 Å². The quantitative estimate of drug-likeness (QED) is 0.251. The van der Waals surface area contributed by atoms with Crippen LogP contribution in [0.1, 0.15) is 45.5 Å². The highest BCUT2D eigenvalue weighted by Crippen LogP contribution is 2.08. The van der Waals surface area contributed by atoms with Crippen molar-refractivity contribution in [2.45, 2.75) is 13.8 Å². The molecule has 0 unspecified atom stereocenters. The molecule has 5 heterocycles. The Morgan fingerprint density at radius 3 is 2.02 bits per heavy atom. The maximum atomic E-state index is 11.6. The number of nitrogens with zero attached hydrogens (tertiary/aromatic N) is 5. The fourth-order valence-corrected chi connectivity index (χ4v) is 3.09. The predicted octanol–water partition coefficient (Wildman–Crippen LogP) is 1.62. The zero-order chi connectivity index (χ0) is 30.6. The van der Waals surface area contributed by atoms with Crippen molar-refractivity contribution in [2.24, 2.45) is 0 Å². The van der Waals surface area contributed by atoms with E-state index in [1.165, 1.54) is 55.4 Å². The summed E-state index contributed by atoms with van der Waals surface area (Å²) in [5.41, 5.74) is 5.23. The van der Waals surface area contributed by atoms with Crippen molar-refractivity contribution in [3.63, 3.8) is 0 Å². The number of fused-ring (bicyclic) bond motifs is 2. The summed E-state index contributed by atoms with van der Waals surface area (Å²) in [6, 6.07) is 4.37. The number of nitrogens with one attached hydrogen (secondary N) is 1. The summed E-state index contributed by atoms with van der Waals surface area (Å²) in [7, 11) is 0. The maximum Gasteiger partial charge on any atom is 0.394 e. The normalized spacial score (nSPS) is 10.0. The third-order valence-corrected chi connectivity index (χ3v) is 4.94. The number of pyridine rings is 3. The van der Waals surface area contributed by atoms with Gasteiger partial charge in [-0.1, -0.05) is 0 Å². The number of rotatable bonds is 5. The molecule has 0 aliphatic carbocycles. The van der Waals surface area contributed by atoms with E-state index in [-0.39, 0.29) is 47.1 Å². The van der Waals surface area contributed by atoms with Crippen LogP contribution in [0, 0.1) is 0 Å². The first kappa shape index (κ1) is 30.5. The van der Waals surface area contributed by atoms with Gasteiger partial charge < -0.3 is 29.7 Å². The molecule has 0 spiro atoms. The van der Waals surface area contributed by atoms with E-state index in [0.717, 1.165) is 0 Å². The largest absolute Gasteiger partial charge is 0.478 e. The van der Waals surface area contributed by atoms with Crippen molar-refractivity contribution in [3.05, 3.63) is 93.4 Å². The first-order valence-electron chi connectivity index (χ1n) is 12.0. The van der Waals surface area contributed by atoms with E-state index in [1.54, 1.807) is 13.8 Å². The topological polar surface area (TPSA) is 243 Å². The van der Waals surface area contributed by atoms with E-state index in [9.17, 15) is 24.0 Å². The highest BCUT2D eigenvalue weighted by Gasteiger charge is 2.15. The van der Waals surface area contributed by atoms with Crippen molar-refractivity contribution in [1.29, 1.82) is 0 Å². The zero-order valence-corrected chi connectivity index (χ0v) is 22.1. The summed E-state index contributed by atoms with van der Waals surface area (Å²) in [5.74, 6) is -2.89. The van der Waals surface area contributed by atoms with Gasteiger partial charge in [0.25, 0.3) is 5.56 Å². The first-order chi connectivity index (χ1) is 20.2. The molecular formula is C26H23N7O9. The van der Waals surface area contributed by atoms with Crippen LogP contribution in [-0.4, -0.2) is 66.1 Å². The summed E-state index contributed by atoms with van der Waals surface area (Å²) in [6.45, 7) is 3.75. The first-order valence-corrected chi connectivity index (χ1v) is 12.0. The van der Waals surface area contributed by atoms with Gasteiger partial charge in [0.2, 0.25) is 5.82 Å². The molecule has 0 bridgehead atoms.